The number of hydrogen-bond donors (Lipinski definition) is 5. The van der Waals surface area contributed by atoms with Crippen LogP contribution < -0.4 is 16.7 Å². The number of aryl methyl sites for hydroxylation is 2. The lowest BCUT2D eigenvalue weighted by atomic mass is 9.66. The lowest BCUT2D eigenvalue weighted by Crippen LogP contribution is -2.51. The van der Waals surface area contributed by atoms with Crippen LogP contribution in [0.1, 0.15) is 56.3 Å². The lowest BCUT2D eigenvalue weighted by Gasteiger charge is -2.40. The van der Waals surface area contributed by atoms with Gasteiger partial charge < -0.3 is 15.9 Å². The molecule has 30 heavy (non-hydrogen) atoms. The van der Waals surface area contributed by atoms with Crippen LogP contribution in [0.2, 0.25) is 0 Å². The zero-order valence-corrected chi connectivity index (χ0v) is 16.4. The number of rotatable bonds is 5. The van der Waals surface area contributed by atoms with Gasteiger partial charge in [-0.15, -0.1) is 5.11 Å². The van der Waals surface area contributed by atoms with Gasteiger partial charge in [0.1, 0.15) is 0 Å². The number of fused-ring (bicyclic) bond motifs is 2. The van der Waals surface area contributed by atoms with Crippen LogP contribution in [0.25, 0.3) is 0 Å². The van der Waals surface area contributed by atoms with Crippen molar-refractivity contribution >= 4 is 11.9 Å². The Morgan fingerprint density at radius 1 is 1.10 bits per heavy atom. The summed E-state index contributed by atoms with van der Waals surface area (Å²) < 4.78 is 0. The van der Waals surface area contributed by atoms with E-state index in [1.165, 1.54) is 0 Å². The number of carboxylic acids is 2. The second kappa shape index (κ2) is 7.51. The number of carbonyl (C=O) groups is 2. The fraction of sp³-hybridized carbons (Fsp3) is 0.333. The first-order valence-electron chi connectivity index (χ1n) is 9.72. The maximum atomic E-state index is 11.6. The Hall–Kier alpha value is -3.30. The van der Waals surface area contributed by atoms with Gasteiger partial charge in [-0.1, -0.05) is 17.4 Å². The number of carboxylic acid groups (broad SMARTS) is 2. The molecule has 2 aliphatic rings. The zero-order chi connectivity index (χ0) is 21.5. The molecule has 4 rings (SSSR count). The number of hydrogen-bond acceptors (Lipinski definition) is 7. The molecular formula is C21H23N5O4. The summed E-state index contributed by atoms with van der Waals surface area (Å²) >= 11 is 0. The van der Waals surface area contributed by atoms with Crippen LogP contribution in [-0.2, 0) is 18.3 Å². The lowest BCUT2D eigenvalue weighted by molar-refractivity contribution is 0.0686. The molecule has 2 aromatic carbocycles. The van der Waals surface area contributed by atoms with Crippen LogP contribution in [0.3, 0.4) is 0 Å². The van der Waals surface area contributed by atoms with Crippen molar-refractivity contribution < 1.29 is 19.8 Å². The first-order valence-corrected chi connectivity index (χ1v) is 9.72. The van der Waals surface area contributed by atoms with Gasteiger partial charge in [-0.05, 0) is 72.7 Å². The van der Waals surface area contributed by atoms with Gasteiger partial charge in [-0.2, -0.15) is 5.43 Å². The number of nitrogens with zero attached hydrogens (tertiary/aromatic N) is 2. The van der Waals surface area contributed by atoms with Gasteiger partial charge in [0.15, 0.2) is 6.17 Å². The minimum absolute atomic E-state index is 0.208. The summed E-state index contributed by atoms with van der Waals surface area (Å²) in [6.07, 6.45) is 1.16. The van der Waals surface area contributed by atoms with Gasteiger partial charge >= 0.3 is 11.9 Å². The monoisotopic (exact) mass is 409 g/mol. The highest BCUT2D eigenvalue weighted by molar-refractivity contribution is 5.89. The molecule has 0 bridgehead atoms. The highest BCUT2D eigenvalue weighted by Crippen LogP contribution is 2.46. The van der Waals surface area contributed by atoms with Crippen molar-refractivity contribution in [3.05, 3.63) is 69.8 Å². The van der Waals surface area contributed by atoms with Gasteiger partial charge in [-0.25, -0.2) is 15.1 Å². The molecule has 0 amide bonds. The summed E-state index contributed by atoms with van der Waals surface area (Å²) in [7, 11) is 0. The molecule has 9 nitrogen and oxygen atoms in total. The van der Waals surface area contributed by atoms with Gasteiger partial charge in [0, 0.05) is 6.04 Å². The Morgan fingerprint density at radius 3 is 2.03 bits per heavy atom. The van der Waals surface area contributed by atoms with Crippen molar-refractivity contribution in [3.63, 3.8) is 0 Å². The molecule has 1 aliphatic heterocycles. The minimum atomic E-state index is -0.995. The van der Waals surface area contributed by atoms with E-state index >= 15 is 0 Å². The molecule has 0 spiro atoms. The van der Waals surface area contributed by atoms with Gasteiger partial charge in [0.05, 0.1) is 16.5 Å². The molecule has 0 fully saturated rings. The summed E-state index contributed by atoms with van der Waals surface area (Å²) in [5, 5.41) is 27.2. The highest BCUT2D eigenvalue weighted by atomic mass is 16.4. The van der Waals surface area contributed by atoms with Crippen molar-refractivity contribution in [1.29, 1.82) is 0 Å². The molecule has 0 aromatic heterocycles. The van der Waals surface area contributed by atoms with Crippen LogP contribution in [-0.4, -0.2) is 34.4 Å². The average molecular weight is 409 g/mol. The predicted octanol–water partition coefficient (Wildman–Crippen LogP) is 2.01. The Labute approximate surface area is 172 Å². The number of nitrogens with two attached hydrogens (primary N) is 1. The van der Waals surface area contributed by atoms with E-state index in [4.69, 9.17) is 5.73 Å². The first-order chi connectivity index (χ1) is 14.3. The van der Waals surface area contributed by atoms with Gasteiger partial charge in [0.2, 0.25) is 0 Å². The quantitative estimate of drug-likeness (QED) is 0.507. The zero-order valence-electron chi connectivity index (χ0n) is 16.4. The molecule has 1 aliphatic carbocycles. The summed E-state index contributed by atoms with van der Waals surface area (Å²) in [6.45, 7) is 1.91. The SMILES string of the molecule is C[C@H](N)CC1(C2N=NNN2)c2ccc(C(=O)O)cc2CCc2cc(C(=O)O)ccc21. The summed E-state index contributed by atoms with van der Waals surface area (Å²) in [5.74, 6) is -1.99. The minimum Gasteiger partial charge on any atom is -0.478 e. The van der Waals surface area contributed by atoms with Crippen LogP contribution in [0.5, 0.6) is 0 Å². The van der Waals surface area contributed by atoms with Crippen molar-refractivity contribution in [3.8, 4) is 0 Å². The molecule has 9 heteroatoms. The molecule has 6 N–H and O–H groups in total. The second-order valence-corrected chi connectivity index (χ2v) is 7.88. The average Bonchev–Trinajstić information content (AvgIpc) is 3.21. The Balaban J connectivity index is 2.02. The van der Waals surface area contributed by atoms with Crippen LogP contribution in [0.15, 0.2) is 46.7 Å². The maximum Gasteiger partial charge on any atom is 0.335 e. The molecule has 1 unspecified atom stereocenters. The standard InChI is InChI=1S/C21H23N5O4/c1-11(22)10-21(20-23-25-26-24-20)16-6-4-14(18(27)28)8-12(16)2-3-13-9-15(19(29)30)5-7-17(13)21/h4-9,11,20H,2-3,10,22H2,1H3,(H,23,26)(H,24,25)(H,27,28)(H,29,30)/t11-/m0/s1. The van der Waals surface area contributed by atoms with Gasteiger partial charge in [0.25, 0.3) is 0 Å². The fourth-order valence-electron chi connectivity index (χ4n) is 4.71. The van der Waals surface area contributed by atoms with Crippen molar-refractivity contribution in [2.24, 2.45) is 16.1 Å². The van der Waals surface area contributed by atoms with Crippen molar-refractivity contribution in [2.45, 2.75) is 43.8 Å². The fourth-order valence-corrected chi connectivity index (χ4v) is 4.71. The third-order valence-corrected chi connectivity index (χ3v) is 5.86. The molecule has 0 saturated carbocycles. The van der Waals surface area contributed by atoms with Crippen molar-refractivity contribution in [2.75, 3.05) is 0 Å². The Bertz CT molecular complexity index is 984. The Kier molecular flexibility index (Phi) is 5.00. The van der Waals surface area contributed by atoms with Crippen LogP contribution in [0, 0.1) is 0 Å². The number of benzene rings is 2. The normalized spacial score (nSPS) is 19.9. The maximum absolute atomic E-state index is 11.6. The summed E-state index contributed by atoms with van der Waals surface area (Å²) in [4.78, 5) is 23.1. The molecular weight excluding hydrogens is 386 g/mol. The smallest absolute Gasteiger partial charge is 0.335 e. The first kappa shape index (κ1) is 20.0. The van der Waals surface area contributed by atoms with E-state index in [9.17, 15) is 19.8 Å². The largest absolute Gasteiger partial charge is 0.478 e. The van der Waals surface area contributed by atoms with E-state index in [1.807, 2.05) is 19.1 Å². The van der Waals surface area contributed by atoms with Gasteiger partial charge in [-0.3, -0.25) is 0 Å². The van der Waals surface area contributed by atoms with E-state index in [1.54, 1.807) is 24.3 Å². The topological polar surface area (TPSA) is 149 Å². The molecule has 2 atom stereocenters. The third kappa shape index (κ3) is 3.21. The molecule has 0 radical (unpaired) electrons. The van der Waals surface area contributed by atoms with E-state index in [0.717, 1.165) is 22.3 Å². The predicted molar refractivity (Wildman–Crippen MR) is 108 cm³/mol. The summed E-state index contributed by atoms with van der Waals surface area (Å²) in [6, 6.07) is 10.0. The second-order valence-electron chi connectivity index (χ2n) is 7.88. The molecule has 156 valence electrons. The number of aromatic carboxylic acids is 2. The molecule has 0 saturated heterocycles. The third-order valence-electron chi connectivity index (χ3n) is 5.86. The Morgan fingerprint density at radius 2 is 1.63 bits per heavy atom. The highest BCUT2D eigenvalue weighted by Gasteiger charge is 2.48. The molecule has 2 aromatic rings. The molecule has 1 heterocycles. The summed E-state index contributed by atoms with van der Waals surface area (Å²) in [5.41, 5.74) is 15.3. The number of nitrogens with one attached hydrogen (secondary N) is 2. The van der Waals surface area contributed by atoms with E-state index in [2.05, 4.69) is 21.3 Å². The van der Waals surface area contributed by atoms with Crippen LogP contribution >= 0.6 is 0 Å². The number of hydrazine groups is 1. The van der Waals surface area contributed by atoms with E-state index in [-0.39, 0.29) is 17.2 Å². The van der Waals surface area contributed by atoms with Crippen molar-refractivity contribution in [1.82, 2.24) is 11.0 Å². The van der Waals surface area contributed by atoms with Crippen LogP contribution in [0.4, 0.5) is 0 Å². The van der Waals surface area contributed by atoms with E-state index in [0.29, 0.717) is 19.3 Å². The van der Waals surface area contributed by atoms with E-state index < -0.39 is 23.5 Å².